The van der Waals surface area contributed by atoms with Crippen LogP contribution in [0, 0.1) is 5.21 Å². The van der Waals surface area contributed by atoms with Crippen molar-refractivity contribution in [2.24, 2.45) is 0 Å². The molecule has 0 spiro atoms. The van der Waals surface area contributed by atoms with Gasteiger partial charge in [-0.1, -0.05) is 30.3 Å². The van der Waals surface area contributed by atoms with Gasteiger partial charge in [0.25, 0.3) is 10.0 Å². The molecule has 134 valence electrons. The zero-order chi connectivity index (χ0) is 18.5. The van der Waals surface area contributed by atoms with E-state index >= 15 is 0 Å². The Labute approximate surface area is 149 Å². The van der Waals surface area contributed by atoms with Crippen LogP contribution in [0.15, 0.2) is 59.5 Å². The molecular weight excluding hydrogens is 336 g/mol. The number of rotatable bonds is 6. The summed E-state index contributed by atoms with van der Waals surface area (Å²) in [5, 5.41) is 11.8. The highest BCUT2D eigenvalue weighted by atomic mass is 32.2. The van der Waals surface area contributed by atoms with Crippen LogP contribution in [0.3, 0.4) is 0 Å². The molecule has 0 saturated carbocycles. The summed E-state index contributed by atoms with van der Waals surface area (Å²) in [5.41, 5.74) is 1.12. The van der Waals surface area contributed by atoms with Crippen LogP contribution in [0.25, 0.3) is 0 Å². The van der Waals surface area contributed by atoms with E-state index in [9.17, 15) is 13.6 Å². The van der Waals surface area contributed by atoms with Gasteiger partial charge in [0.1, 0.15) is 0 Å². The number of sulfonamides is 1. The summed E-state index contributed by atoms with van der Waals surface area (Å²) in [5.74, 6) is 0. The predicted molar refractivity (Wildman–Crippen MR) is 101 cm³/mol. The second-order valence-corrected chi connectivity index (χ2v) is 8.52. The quantitative estimate of drug-likeness (QED) is 0.369. The third kappa shape index (κ3) is 5.60. The van der Waals surface area contributed by atoms with Gasteiger partial charge in [0.15, 0.2) is 11.8 Å². The lowest BCUT2D eigenvalue weighted by Crippen LogP contribution is -2.29. The Hall–Kier alpha value is -2.34. The first-order chi connectivity index (χ1) is 11.7. The Morgan fingerprint density at radius 2 is 1.64 bits per heavy atom. The number of benzene rings is 2. The minimum absolute atomic E-state index is 0.228. The van der Waals surface area contributed by atoms with E-state index in [2.05, 4.69) is 4.72 Å². The average molecular weight is 360 g/mol. The molecule has 0 radical (unpaired) electrons. The Balaban J connectivity index is 1.99. The van der Waals surface area contributed by atoms with E-state index in [4.69, 9.17) is 0 Å². The van der Waals surface area contributed by atoms with Gasteiger partial charge >= 0.3 is 0 Å². The van der Waals surface area contributed by atoms with Crippen molar-refractivity contribution >= 4 is 21.9 Å². The molecule has 5 nitrogen and oxygen atoms in total. The number of hydrogen-bond acceptors (Lipinski definition) is 3. The number of hydrogen-bond donors (Lipinski definition) is 1. The van der Waals surface area contributed by atoms with Crippen LogP contribution < -0.4 is 4.72 Å². The van der Waals surface area contributed by atoms with Gasteiger partial charge in [-0.25, -0.2) is 13.2 Å². The summed E-state index contributed by atoms with van der Waals surface area (Å²) in [6, 6.07) is 15.4. The molecule has 6 heteroatoms. The van der Waals surface area contributed by atoms with Gasteiger partial charge in [0.05, 0.1) is 4.90 Å². The summed E-state index contributed by atoms with van der Waals surface area (Å²) in [7, 11) is -3.57. The fraction of sp³-hybridized carbons (Fsp3) is 0.316. The van der Waals surface area contributed by atoms with Crippen molar-refractivity contribution < 1.29 is 13.2 Å². The molecule has 0 aromatic heterocycles. The maximum atomic E-state index is 12.3. The topological polar surface area (TPSA) is 72.2 Å². The molecule has 0 fully saturated rings. The minimum atomic E-state index is -3.57. The van der Waals surface area contributed by atoms with Crippen LogP contribution in [-0.4, -0.2) is 24.9 Å². The van der Waals surface area contributed by atoms with Crippen molar-refractivity contribution in [3.63, 3.8) is 0 Å². The van der Waals surface area contributed by atoms with Crippen LogP contribution in [0.5, 0.6) is 0 Å². The fourth-order valence-corrected chi connectivity index (χ4v) is 3.26. The Kier molecular flexibility index (Phi) is 5.85. The monoisotopic (exact) mass is 360 g/mol. The van der Waals surface area contributed by atoms with E-state index in [0.717, 1.165) is 16.7 Å². The molecule has 0 saturated heterocycles. The van der Waals surface area contributed by atoms with Crippen molar-refractivity contribution in [1.82, 2.24) is 0 Å². The average Bonchev–Trinajstić information content (AvgIpc) is 2.56. The number of hydroxylamine groups is 1. The second-order valence-electron chi connectivity index (χ2n) is 6.83. The van der Waals surface area contributed by atoms with E-state index in [1.165, 1.54) is 0 Å². The maximum Gasteiger partial charge on any atom is 0.261 e. The maximum absolute atomic E-state index is 12.3. The molecular formula is C19H24N2O3S. The lowest BCUT2D eigenvalue weighted by atomic mass is 10.1. The summed E-state index contributed by atoms with van der Waals surface area (Å²) in [6.45, 7) is 5.60. The molecule has 0 unspecified atom stereocenters. The first kappa shape index (κ1) is 19.0. The second kappa shape index (κ2) is 7.70. The Bertz CT molecular complexity index is 821. The van der Waals surface area contributed by atoms with Crippen LogP contribution in [0.2, 0.25) is 0 Å². The SMILES string of the molecule is CC(C)(C)[N+]([O-])=CCCc1ccc(NS(=O)(=O)c2ccccc2)cc1. The van der Waals surface area contributed by atoms with Crippen molar-refractivity contribution in [3.8, 4) is 0 Å². The van der Waals surface area contributed by atoms with E-state index in [1.54, 1.807) is 48.7 Å². The van der Waals surface area contributed by atoms with E-state index in [1.807, 2.05) is 32.9 Å². The molecule has 0 atom stereocenters. The van der Waals surface area contributed by atoms with Crippen molar-refractivity contribution in [3.05, 3.63) is 65.4 Å². The highest BCUT2D eigenvalue weighted by molar-refractivity contribution is 7.92. The number of anilines is 1. The van der Waals surface area contributed by atoms with Gasteiger partial charge in [-0.3, -0.25) is 4.72 Å². The standard InChI is InChI=1S/C19H24N2O3S/c1-19(2,3)21(22)15-7-8-16-11-13-17(14-12-16)20-25(23,24)18-9-5-4-6-10-18/h4-6,9-15,20H,7-8H2,1-3H3. The van der Waals surface area contributed by atoms with Gasteiger partial charge in [0.2, 0.25) is 0 Å². The summed E-state index contributed by atoms with van der Waals surface area (Å²) < 4.78 is 28.1. The van der Waals surface area contributed by atoms with E-state index in [-0.39, 0.29) is 4.90 Å². The van der Waals surface area contributed by atoms with Crippen LogP contribution in [-0.2, 0) is 16.4 Å². The fourth-order valence-electron chi connectivity index (χ4n) is 2.18. The van der Waals surface area contributed by atoms with Gasteiger partial charge in [-0.15, -0.1) is 0 Å². The smallest absolute Gasteiger partial charge is 0.261 e. The Morgan fingerprint density at radius 3 is 2.20 bits per heavy atom. The molecule has 0 heterocycles. The van der Waals surface area contributed by atoms with Crippen molar-refractivity contribution in [2.75, 3.05) is 4.72 Å². The zero-order valence-corrected chi connectivity index (χ0v) is 15.6. The highest BCUT2D eigenvalue weighted by Gasteiger charge is 2.17. The lowest BCUT2D eigenvalue weighted by Gasteiger charge is -2.18. The number of aryl methyl sites for hydroxylation is 1. The predicted octanol–water partition coefficient (Wildman–Crippen LogP) is 3.80. The van der Waals surface area contributed by atoms with Crippen molar-refractivity contribution in [1.29, 1.82) is 0 Å². The summed E-state index contributed by atoms with van der Waals surface area (Å²) >= 11 is 0. The molecule has 2 aromatic rings. The normalized spacial score (nSPS) is 12.8. The first-order valence-corrected chi connectivity index (χ1v) is 9.63. The minimum Gasteiger partial charge on any atom is -0.624 e. The van der Waals surface area contributed by atoms with Crippen LogP contribution in [0.1, 0.15) is 32.8 Å². The molecule has 2 rings (SSSR count). The van der Waals surface area contributed by atoms with E-state index in [0.29, 0.717) is 12.1 Å². The van der Waals surface area contributed by atoms with Gasteiger partial charge < -0.3 is 5.21 Å². The van der Waals surface area contributed by atoms with Crippen LogP contribution >= 0.6 is 0 Å². The number of nitrogens with one attached hydrogen (secondary N) is 1. The molecule has 25 heavy (non-hydrogen) atoms. The van der Waals surface area contributed by atoms with Crippen molar-refractivity contribution in [2.45, 2.75) is 44.0 Å². The summed E-state index contributed by atoms with van der Waals surface area (Å²) in [6.07, 6.45) is 3.00. The Morgan fingerprint density at radius 1 is 1.04 bits per heavy atom. The third-order valence-electron chi connectivity index (χ3n) is 3.65. The van der Waals surface area contributed by atoms with Gasteiger partial charge in [0, 0.05) is 32.9 Å². The molecule has 0 aliphatic heterocycles. The third-order valence-corrected chi connectivity index (χ3v) is 5.05. The summed E-state index contributed by atoms with van der Waals surface area (Å²) in [4.78, 5) is 0.228. The molecule has 0 aliphatic rings. The molecule has 0 aliphatic carbocycles. The van der Waals surface area contributed by atoms with E-state index < -0.39 is 15.6 Å². The number of nitrogens with zero attached hydrogens (tertiary/aromatic N) is 1. The first-order valence-electron chi connectivity index (χ1n) is 8.15. The molecule has 1 N–H and O–H groups in total. The van der Waals surface area contributed by atoms with Gasteiger partial charge in [-0.2, -0.15) is 0 Å². The molecule has 0 amide bonds. The van der Waals surface area contributed by atoms with Crippen LogP contribution in [0.4, 0.5) is 5.69 Å². The highest BCUT2D eigenvalue weighted by Crippen LogP contribution is 2.17. The lowest BCUT2D eigenvalue weighted by molar-refractivity contribution is -0.532. The molecule has 2 aromatic carbocycles. The molecule has 0 bridgehead atoms. The largest absolute Gasteiger partial charge is 0.624 e. The van der Waals surface area contributed by atoms with Gasteiger partial charge in [-0.05, 0) is 36.2 Å². The zero-order valence-electron chi connectivity index (χ0n) is 14.8.